The molecular formula is C20H24N2O4S. The molecule has 0 spiro atoms. The van der Waals surface area contributed by atoms with Gasteiger partial charge in [0.2, 0.25) is 10.0 Å². The predicted molar refractivity (Wildman–Crippen MR) is 102 cm³/mol. The van der Waals surface area contributed by atoms with Gasteiger partial charge in [-0.1, -0.05) is 18.2 Å². The minimum atomic E-state index is -3.49. The fraction of sp³-hybridized carbons (Fsp3) is 0.400. The summed E-state index contributed by atoms with van der Waals surface area (Å²) in [6, 6.07) is 10.7. The van der Waals surface area contributed by atoms with Crippen LogP contribution in [-0.2, 0) is 32.4 Å². The number of sulfonamides is 1. The molecule has 144 valence electrons. The smallest absolute Gasteiger partial charge is 0.305 e. The summed E-state index contributed by atoms with van der Waals surface area (Å²) in [5.74, 6) is 0.0340. The Hall–Kier alpha value is -2.25. The van der Waals surface area contributed by atoms with Gasteiger partial charge in [0.05, 0.1) is 12.0 Å². The second kappa shape index (κ2) is 8.63. The van der Waals surface area contributed by atoms with E-state index in [1.165, 1.54) is 7.11 Å². The van der Waals surface area contributed by atoms with Crippen molar-refractivity contribution in [2.45, 2.75) is 30.6 Å². The highest BCUT2D eigenvalue weighted by molar-refractivity contribution is 7.89. The molecule has 1 aromatic heterocycles. The van der Waals surface area contributed by atoms with E-state index >= 15 is 0 Å². The van der Waals surface area contributed by atoms with E-state index < -0.39 is 10.0 Å². The second-order valence-electron chi connectivity index (χ2n) is 6.80. The van der Waals surface area contributed by atoms with Crippen LogP contribution in [0.25, 0.3) is 0 Å². The number of esters is 1. The molecule has 0 amide bonds. The Balaban J connectivity index is 1.61. The van der Waals surface area contributed by atoms with Crippen molar-refractivity contribution in [2.24, 2.45) is 5.92 Å². The van der Waals surface area contributed by atoms with Crippen molar-refractivity contribution < 1.29 is 17.9 Å². The summed E-state index contributed by atoms with van der Waals surface area (Å²) in [4.78, 5) is 15.6. The number of aryl methyl sites for hydroxylation is 1. The average molecular weight is 388 g/mol. The first-order valence-corrected chi connectivity index (χ1v) is 10.5. The molecular weight excluding hydrogens is 364 g/mol. The van der Waals surface area contributed by atoms with Crippen molar-refractivity contribution in [3.8, 4) is 0 Å². The first-order valence-electron chi connectivity index (χ1n) is 9.04. The average Bonchev–Trinajstić information content (AvgIpc) is 3.16. The molecule has 0 radical (unpaired) electrons. The third-order valence-corrected chi connectivity index (χ3v) is 6.78. The van der Waals surface area contributed by atoms with Gasteiger partial charge in [-0.25, -0.2) is 8.42 Å². The predicted octanol–water partition coefficient (Wildman–Crippen LogP) is 2.44. The van der Waals surface area contributed by atoms with Crippen LogP contribution in [0.4, 0.5) is 0 Å². The Bertz CT molecular complexity index is 867. The highest BCUT2D eigenvalue weighted by Crippen LogP contribution is 2.26. The van der Waals surface area contributed by atoms with Crippen LogP contribution in [0, 0.1) is 5.92 Å². The number of aromatic nitrogens is 1. The standard InChI is InChI=1S/C20H24N2O4S/c1-26-20(23)9-6-16-4-7-19(8-5-16)27(24,25)22-12-10-18(15-22)13-17-3-2-11-21-14-17/h2-5,7-8,11,14,18H,6,9-10,12-13,15H2,1H3. The zero-order valence-corrected chi connectivity index (χ0v) is 16.2. The highest BCUT2D eigenvalue weighted by atomic mass is 32.2. The first kappa shape index (κ1) is 19.5. The van der Waals surface area contributed by atoms with Crippen molar-refractivity contribution in [3.63, 3.8) is 0 Å². The van der Waals surface area contributed by atoms with E-state index in [1.807, 2.05) is 18.3 Å². The molecule has 1 unspecified atom stereocenters. The van der Waals surface area contributed by atoms with Crippen molar-refractivity contribution in [2.75, 3.05) is 20.2 Å². The molecule has 27 heavy (non-hydrogen) atoms. The molecule has 2 aromatic rings. The maximum absolute atomic E-state index is 12.9. The topological polar surface area (TPSA) is 76.6 Å². The maximum atomic E-state index is 12.9. The van der Waals surface area contributed by atoms with Crippen molar-refractivity contribution >= 4 is 16.0 Å². The molecule has 1 aliphatic heterocycles. The number of carbonyl (C=O) groups is 1. The van der Waals surface area contributed by atoms with Gasteiger partial charge in [0.1, 0.15) is 0 Å². The number of carbonyl (C=O) groups excluding carboxylic acids is 1. The van der Waals surface area contributed by atoms with E-state index in [1.54, 1.807) is 34.8 Å². The Morgan fingerprint density at radius 3 is 2.67 bits per heavy atom. The van der Waals surface area contributed by atoms with Gasteiger partial charge in [0.15, 0.2) is 0 Å². The molecule has 6 nitrogen and oxygen atoms in total. The SMILES string of the molecule is COC(=O)CCc1ccc(S(=O)(=O)N2CCC(Cc3cccnc3)C2)cc1. The van der Waals surface area contributed by atoms with Crippen LogP contribution >= 0.6 is 0 Å². The third-order valence-electron chi connectivity index (χ3n) is 4.90. The van der Waals surface area contributed by atoms with Gasteiger partial charge in [-0.15, -0.1) is 0 Å². The van der Waals surface area contributed by atoms with Crippen LogP contribution in [-0.4, -0.2) is 43.9 Å². The molecule has 1 aromatic carbocycles. The Kier molecular flexibility index (Phi) is 6.23. The van der Waals surface area contributed by atoms with Crippen molar-refractivity contribution in [3.05, 3.63) is 59.9 Å². The number of ether oxygens (including phenoxy) is 1. The Morgan fingerprint density at radius 1 is 1.22 bits per heavy atom. The molecule has 1 saturated heterocycles. The molecule has 1 atom stereocenters. The van der Waals surface area contributed by atoms with Gasteiger partial charge in [-0.2, -0.15) is 4.31 Å². The Morgan fingerprint density at radius 2 is 2.00 bits per heavy atom. The van der Waals surface area contributed by atoms with Gasteiger partial charge in [-0.05, 0) is 54.5 Å². The van der Waals surface area contributed by atoms with Gasteiger partial charge in [-0.3, -0.25) is 9.78 Å². The van der Waals surface area contributed by atoms with E-state index in [2.05, 4.69) is 9.72 Å². The molecule has 0 saturated carbocycles. The molecule has 0 aliphatic carbocycles. The van der Waals surface area contributed by atoms with Crippen LogP contribution in [0.2, 0.25) is 0 Å². The minimum Gasteiger partial charge on any atom is -0.469 e. The monoisotopic (exact) mass is 388 g/mol. The molecule has 1 fully saturated rings. The molecule has 0 bridgehead atoms. The van der Waals surface area contributed by atoms with E-state index in [-0.39, 0.29) is 12.4 Å². The van der Waals surface area contributed by atoms with Gasteiger partial charge in [0, 0.05) is 31.9 Å². The molecule has 3 rings (SSSR count). The van der Waals surface area contributed by atoms with Crippen molar-refractivity contribution in [1.29, 1.82) is 0 Å². The van der Waals surface area contributed by atoms with E-state index in [0.29, 0.717) is 30.3 Å². The van der Waals surface area contributed by atoms with Gasteiger partial charge < -0.3 is 4.74 Å². The number of hydrogen-bond donors (Lipinski definition) is 0. The fourth-order valence-corrected chi connectivity index (χ4v) is 4.89. The summed E-state index contributed by atoms with van der Waals surface area (Å²) >= 11 is 0. The first-order chi connectivity index (χ1) is 13.0. The lowest BCUT2D eigenvalue weighted by Gasteiger charge is -2.17. The lowest BCUT2D eigenvalue weighted by molar-refractivity contribution is -0.140. The Labute approximate surface area is 160 Å². The lowest BCUT2D eigenvalue weighted by Crippen LogP contribution is -2.29. The highest BCUT2D eigenvalue weighted by Gasteiger charge is 2.32. The third kappa shape index (κ3) is 4.93. The quantitative estimate of drug-likeness (QED) is 0.681. The summed E-state index contributed by atoms with van der Waals surface area (Å²) < 4.78 is 32.0. The number of benzene rings is 1. The van der Waals surface area contributed by atoms with Crippen LogP contribution in [0.1, 0.15) is 24.0 Å². The zero-order valence-electron chi connectivity index (χ0n) is 15.4. The van der Waals surface area contributed by atoms with Crippen LogP contribution < -0.4 is 0 Å². The van der Waals surface area contributed by atoms with E-state index in [9.17, 15) is 13.2 Å². The lowest BCUT2D eigenvalue weighted by atomic mass is 10.0. The molecule has 7 heteroatoms. The summed E-state index contributed by atoms with van der Waals surface area (Å²) in [5, 5.41) is 0. The van der Waals surface area contributed by atoms with Crippen LogP contribution in [0.3, 0.4) is 0 Å². The summed E-state index contributed by atoms with van der Waals surface area (Å²) in [6.07, 6.45) is 6.08. The van der Waals surface area contributed by atoms with E-state index in [0.717, 1.165) is 24.0 Å². The number of nitrogens with zero attached hydrogens (tertiary/aromatic N) is 2. The summed E-state index contributed by atoms with van der Waals surface area (Å²) in [7, 11) is -2.13. The van der Waals surface area contributed by atoms with Gasteiger partial charge in [0.25, 0.3) is 0 Å². The van der Waals surface area contributed by atoms with Gasteiger partial charge >= 0.3 is 5.97 Å². The number of rotatable bonds is 7. The van der Waals surface area contributed by atoms with Crippen LogP contribution in [0.5, 0.6) is 0 Å². The van der Waals surface area contributed by atoms with E-state index in [4.69, 9.17) is 0 Å². The molecule has 1 aliphatic rings. The number of methoxy groups -OCH3 is 1. The van der Waals surface area contributed by atoms with Crippen molar-refractivity contribution in [1.82, 2.24) is 9.29 Å². The minimum absolute atomic E-state index is 0.275. The largest absolute Gasteiger partial charge is 0.469 e. The number of hydrogen-bond acceptors (Lipinski definition) is 5. The number of pyridine rings is 1. The maximum Gasteiger partial charge on any atom is 0.305 e. The summed E-state index contributed by atoms with van der Waals surface area (Å²) in [5.41, 5.74) is 2.05. The molecule has 0 N–H and O–H groups in total. The van der Waals surface area contributed by atoms with Crippen LogP contribution in [0.15, 0.2) is 53.7 Å². The normalized spacial score (nSPS) is 17.7. The summed E-state index contributed by atoms with van der Waals surface area (Å²) in [6.45, 7) is 1.07. The second-order valence-corrected chi connectivity index (χ2v) is 8.74. The molecule has 2 heterocycles. The zero-order chi connectivity index (χ0) is 19.3. The fourth-order valence-electron chi connectivity index (χ4n) is 3.36.